The third kappa shape index (κ3) is 2.07. The van der Waals surface area contributed by atoms with E-state index >= 15 is 0 Å². The summed E-state index contributed by atoms with van der Waals surface area (Å²) < 4.78 is 1.68. The lowest BCUT2D eigenvalue weighted by Gasteiger charge is -2.03. The Morgan fingerprint density at radius 2 is 2.18 bits per heavy atom. The molecule has 0 radical (unpaired) electrons. The van der Waals surface area contributed by atoms with Gasteiger partial charge in [0.2, 0.25) is 0 Å². The predicted octanol–water partition coefficient (Wildman–Crippen LogP) is 0.374. The van der Waals surface area contributed by atoms with Crippen molar-refractivity contribution in [2.75, 3.05) is 0 Å². The lowest BCUT2D eigenvalue weighted by molar-refractivity contribution is 0.318. The molecule has 2 heterocycles. The van der Waals surface area contributed by atoms with Gasteiger partial charge in [0.05, 0.1) is 11.9 Å². The van der Waals surface area contributed by atoms with Crippen molar-refractivity contribution in [3.05, 3.63) is 35.7 Å². The van der Waals surface area contributed by atoms with Crippen LogP contribution in [0.25, 0.3) is 5.69 Å². The highest BCUT2D eigenvalue weighted by molar-refractivity contribution is 5.95. The Morgan fingerprint density at radius 1 is 1.41 bits per heavy atom. The van der Waals surface area contributed by atoms with Gasteiger partial charge in [0.15, 0.2) is 5.84 Å². The van der Waals surface area contributed by atoms with E-state index < -0.39 is 0 Å². The van der Waals surface area contributed by atoms with E-state index in [9.17, 15) is 0 Å². The SMILES string of the molecule is Cc1nc(C)n(-c2ccc(/C(N)=N/O)nc2)n1. The molecule has 88 valence electrons. The second kappa shape index (κ2) is 4.20. The highest BCUT2D eigenvalue weighted by Gasteiger charge is 2.06. The van der Waals surface area contributed by atoms with Crippen LogP contribution in [0.3, 0.4) is 0 Å². The molecule has 0 aliphatic rings. The molecule has 2 aromatic heterocycles. The summed E-state index contributed by atoms with van der Waals surface area (Å²) in [7, 11) is 0. The van der Waals surface area contributed by atoms with Crippen LogP contribution in [0.5, 0.6) is 0 Å². The van der Waals surface area contributed by atoms with E-state index in [0.29, 0.717) is 11.5 Å². The van der Waals surface area contributed by atoms with E-state index in [1.54, 1.807) is 23.0 Å². The highest BCUT2D eigenvalue weighted by atomic mass is 16.4. The summed E-state index contributed by atoms with van der Waals surface area (Å²) in [5.74, 6) is 1.45. The van der Waals surface area contributed by atoms with Gasteiger partial charge in [-0.05, 0) is 26.0 Å². The van der Waals surface area contributed by atoms with E-state index in [1.807, 2.05) is 13.8 Å². The maximum Gasteiger partial charge on any atom is 0.188 e. The minimum absolute atomic E-state index is 0.0250. The Labute approximate surface area is 97.6 Å². The maximum absolute atomic E-state index is 8.52. The molecule has 0 spiro atoms. The molecule has 0 bridgehead atoms. The van der Waals surface area contributed by atoms with E-state index in [2.05, 4.69) is 20.2 Å². The molecule has 7 nitrogen and oxygen atoms in total. The van der Waals surface area contributed by atoms with E-state index in [0.717, 1.165) is 11.5 Å². The van der Waals surface area contributed by atoms with Crippen LogP contribution in [-0.2, 0) is 0 Å². The van der Waals surface area contributed by atoms with E-state index in [-0.39, 0.29) is 5.84 Å². The van der Waals surface area contributed by atoms with Crippen molar-refractivity contribution in [1.82, 2.24) is 19.7 Å². The first-order valence-electron chi connectivity index (χ1n) is 4.96. The Hall–Kier alpha value is -2.44. The second-order valence-electron chi connectivity index (χ2n) is 3.50. The summed E-state index contributed by atoms with van der Waals surface area (Å²) >= 11 is 0. The normalized spacial score (nSPS) is 11.8. The molecule has 0 atom stereocenters. The van der Waals surface area contributed by atoms with E-state index in [4.69, 9.17) is 10.9 Å². The molecule has 0 fully saturated rings. The number of amidine groups is 1. The Kier molecular flexibility index (Phi) is 2.73. The third-order valence-corrected chi connectivity index (χ3v) is 2.24. The van der Waals surface area contributed by atoms with Gasteiger partial charge in [-0.3, -0.25) is 4.98 Å². The molecule has 0 aliphatic heterocycles. The maximum atomic E-state index is 8.52. The Morgan fingerprint density at radius 3 is 2.65 bits per heavy atom. The van der Waals surface area contributed by atoms with Crippen molar-refractivity contribution >= 4 is 5.84 Å². The fourth-order valence-electron chi connectivity index (χ4n) is 1.48. The molecule has 0 saturated heterocycles. The summed E-state index contributed by atoms with van der Waals surface area (Å²) in [5, 5.41) is 15.6. The summed E-state index contributed by atoms with van der Waals surface area (Å²) in [5.41, 5.74) is 6.60. The number of pyridine rings is 1. The van der Waals surface area contributed by atoms with Gasteiger partial charge in [0.25, 0.3) is 0 Å². The molecule has 2 rings (SSSR count). The predicted molar refractivity (Wildman–Crippen MR) is 61.1 cm³/mol. The first kappa shape index (κ1) is 11.1. The van der Waals surface area contributed by atoms with Gasteiger partial charge in [0, 0.05) is 0 Å². The number of hydrogen-bond acceptors (Lipinski definition) is 5. The van der Waals surface area contributed by atoms with Gasteiger partial charge in [-0.15, -0.1) is 0 Å². The van der Waals surface area contributed by atoms with Crippen molar-refractivity contribution in [2.45, 2.75) is 13.8 Å². The lowest BCUT2D eigenvalue weighted by atomic mass is 10.3. The first-order chi connectivity index (χ1) is 8.11. The van der Waals surface area contributed by atoms with Gasteiger partial charge in [-0.1, -0.05) is 5.16 Å². The molecule has 0 amide bonds. The standard InChI is InChI=1S/C10H12N6O/c1-6-13-7(2)16(14-6)8-3-4-9(12-5-8)10(11)15-17/h3-5,17H,1-2H3,(H2,11,15). The molecule has 0 saturated carbocycles. The Balaban J connectivity index is 2.39. The number of aryl methyl sites for hydroxylation is 2. The summed E-state index contributed by atoms with van der Waals surface area (Å²) in [4.78, 5) is 8.27. The number of aromatic nitrogens is 4. The first-order valence-corrected chi connectivity index (χ1v) is 4.96. The zero-order valence-electron chi connectivity index (χ0n) is 9.49. The number of rotatable bonds is 2. The molecule has 17 heavy (non-hydrogen) atoms. The smallest absolute Gasteiger partial charge is 0.188 e. The van der Waals surface area contributed by atoms with Crippen LogP contribution in [0, 0.1) is 13.8 Å². The van der Waals surface area contributed by atoms with Gasteiger partial charge in [0.1, 0.15) is 17.3 Å². The monoisotopic (exact) mass is 232 g/mol. The van der Waals surface area contributed by atoms with Crippen LogP contribution >= 0.6 is 0 Å². The second-order valence-corrected chi connectivity index (χ2v) is 3.50. The van der Waals surface area contributed by atoms with Gasteiger partial charge in [-0.2, -0.15) is 5.10 Å². The average Bonchev–Trinajstić information content (AvgIpc) is 2.68. The molecule has 2 aromatic rings. The molecule has 0 unspecified atom stereocenters. The van der Waals surface area contributed by atoms with Crippen LogP contribution in [0.2, 0.25) is 0 Å². The molecule has 3 N–H and O–H groups in total. The molecule has 7 heteroatoms. The van der Waals surface area contributed by atoms with Crippen LogP contribution in [0.1, 0.15) is 17.3 Å². The van der Waals surface area contributed by atoms with Crippen LogP contribution in [0.4, 0.5) is 0 Å². The molecular weight excluding hydrogens is 220 g/mol. The molecule has 0 aliphatic carbocycles. The topological polar surface area (TPSA) is 102 Å². The molecule has 0 aromatic carbocycles. The minimum atomic E-state index is -0.0250. The van der Waals surface area contributed by atoms with Crippen molar-refractivity contribution in [3.8, 4) is 5.69 Å². The zero-order valence-corrected chi connectivity index (χ0v) is 9.49. The van der Waals surface area contributed by atoms with Crippen molar-refractivity contribution in [3.63, 3.8) is 0 Å². The fourth-order valence-corrected chi connectivity index (χ4v) is 1.48. The van der Waals surface area contributed by atoms with Crippen LogP contribution in [0.15, 0.2) is 23.5 Å². The summed E-state index contributed by atoms with van der Waals surface area (Å²) in [6.45, 7) is 3.68. The highest BCUT2D eigenvalue weighted by Crippen LogP contribution is 2.08. The minimum Gasteiger partial charge on any atom is -0.409 e. The largest absolute Gasteiger partial charge is 0.409 e. The van der Waals surface area contributed by atoms with Gasteiger partial charge < -0.3 is 10.9 Å². The van der Waals surface area contributed by atoms with Crippen molar-refractivity contribution < 1.29 is 5.21 Å². The van der Waals surface area contributed by atoms with Crippen LogP contribution < -0.4 is 5.73 Å². The average molecular weight is 232 g/mol. The number of nitrogens with zero attached hydrogens (tertiary/aromatic N) is 5. The number of nitrogens with two attached hydrogens (primary N) is 1. The number of oxime groups is 1. The zero-order chi connectivity index (χ0) is 12.4. The quantitative estimate of drug-likeness (QED) is 0.337. The molecular formula is C10H12N6O. The Bertz CT molecular complexity index is 557. The van der Waals surface area contributed by atoms with Crippen molar-refractivity contribution in [2.24, 2.45) is 10.9 Å². The van der Waals surface area contributed by atoms with Crippen molar-refractivity contribution in [1.29, 1.82) is 0 Å². The summed E-state index contributed by atoms with van der Waals surface area (Å²) in [6.07, 6.45) is 1.59. The third-order valence-electron chi connectivity index (χ3n) is 2.24. The summed E-state index contributed by atoms with van der Waals surface area (Å²) in [6, 6.07) is 3.43. The number of hydrogen-bond donors (Lipinski definition) is 2. The fraction of sp³-hybridized carbons (Fsp3) is 0.200. The van der Waals surface area contributed by atoms with Gasteiger partial charge >= 0.3 is 0 Å². The lowest BCUT2D eigenvalue weighted by Crippen LogP contribution is -2.15. The van der Waals surface area contributed by atoms with Crippen LogP contribution in [-0.4, -0.2) is 30.8 Å². The van der Waals surface area contributed by atoms with E-state index in [1.165, 1.54) is 0 Å². The van der Waals surface area contributed by atoms with Gasteiger partial charge in [-0.25, -0.2) is 9.67 Å².